The number of nitrogens with one attached hydrogen (secondary N) is 1. The zero-order valence-corrected chi connectivity index (χ0v) is 14.4. The van der Waals surface area contributed by atoms with Crippen LogP contribution in [0.2, 0.25) is 0 Å². The lowest BCUT2D eigenvalue weighted by Gasteiger charge is -2.11. The molecule has 2 heterocycles. The molecule has 0 radical (unpaired) electrons. The minimum atomic E-state index is -0.400. The number of para-hydroxylation sites is 1. The van der Waals surface area contributed by atoms with Crippen molar-refractivity contribution < 1.29 is 9.53 Å². The molecule has 0 spiro atoms. The van der Waals surface area contributed by atoms with Crippen molar-refractivity contribution in [3.8, 4) is 5.75 Å². The van der Waals surface area contributed by atoms with Crippen LogP contribution in [0.1, 0.15) is 28.7 Å². The van der Waals surface area contributed by atoms with Crippen molar-refractivity contribution in [3.05, 3.63) is 57.0 Å². The van der Waals surface area contributed by atoms with E-state index < -0.39 is 5.91 Å². The zero-order chi connectivity index (χ0) is 17.3. The summed E-state index contributed by atoms with van der Waals surface area (Å²) in [5, 5.41) is 4.60. The molecule has 2 aromatic heterocycles. The van der Waals surface area contributed by atoms with E-state index in [4.69, 9.17) is 4.74 Å². The molecular weight excluding hydrogens is 326 g/mol. The number of methoxy groups -OCH3 is 1. The maximum atomic E-state index is 12.8. The summed E-state index contributed by atoms with van der Waals surface area (Å²) in [7, 11) is 1.50. The number of nitrogens with zero attached hydrogens (tertiary/aromatic N) is 2. The van der Waals surface area contributed by atoms with Gasteiger partial charge in [0.05, 0.1) is 18.4 Å². The van der Waals surface area contributed by atoms with Crippen molar-refractivity contribution in [2.24, 2.45) is 0 Å². The van der Waals surface area contributed by atoms with Crippen LogP contribution in [-0.4, -0.2) is 22.4 Å². The molecule has 0 fully saturated rings. The van der Waals surface area contributed by atoms with E-state index in [1.54, 1.807) is 35.6 Å². The Kier molecular flexibility index (Phi) is 4.35. The van der Waals surface area contributed by atoms with Crippen molar-refractivity contribution in [2.45, 2.75) is 20.3 Å². The van der Waals surface area contributed by atoms with E-state index in [2.05, 4.69) is 10.3 Å². The number of hydrogen-bond acceptors (Lipinski definition) is 5. The molecule has 0 aliphatic rings. The van der Waals surface area contributed by atoms with Crippen molar-refractivity contribution in [3.63, 3.8) is 0 Å². The second-order valence-electron chi connectivity index (χ2n) is 5.23. The molecule has 0 aliphatic carbocycles. The number of fused-ring (bicyclic) bond motifs is 1. The predicted octanol–water partition coefficient (Wildman–Crippen LogP) is 2.89. The van der Waals surface area contributed by atoms with Crippen LogP contribution in [0.4, 0.5) is 5.69 Å². The summed E-state index contributed by atoms with van der Waals surface area (Å²) in [5.74, 6) is 0.0502. The van der Waals surface area contributed by atoms with E-state index in [0.717, 1.165) is 5.69 Å². The van der Waals surface area contributed by atoms with E-state index >= 15 is 0 Å². The van der Waals surface area contributed by atoms with Gasteiger partial charge in [0, 0.05) is 11.1 Å². The predicted molar refractivity (Wildman–Crippen MR) is 94.4 cm³/mol. The van der Waals surface area contributed by atoms with Gasteiger partial charge in [-0.25, -0.2) is 4.98 Å². The summed E-state index contributed by atoms with van der Waals surface area (Å²) in [5.41, 5.74) is 1.66. The molecule has 0 aliphatic heterocycles. The Hall–Kier alpha value is -2.67. The molecule has 1 N–H and O–H groups in total. The van der Waals surface area contributed by atoms with Gasteiger partial charge in [0.15, 0.2) is 4.96 Å². The number of aromatic nitrogens is 2. The van der Waals surface area contributed by atoms with Gasteiger partial charge < -0.3 is 10.1 Å². The molecule has 1 aromatic carbocycles. The van der Waals surface area contributed by atoms with Gasteiger partial charge in [-0.3, -0.25) is 14.0 Å². The fourth-order valence-corrected chi connectivity index (χ4v) is 3.52. The number of rotatable bonds is 4. The Morgan fingerprint density at radius 2 is 2.12 bits per heavy atom. The smallest absolute Gasteiger partial charge is 0.282 e. The van der Waals surface area contributed by atoms with Gasteiger partial charge in [-0.1, -0.05) is 19.1 Å². The van der Waals surface area contributed by atoms with Crippen LogP contribution in [0.5, 0.6) is 5.75 Å². The quantitative estimate of drug-likeness (QED) is 0.790. The molecule has 0 saturated carbocycles. The SMILES string of the molecule is CCc1csc2nc(C)c(NC(=O)c3ccccc3OC)c(=O)n12. The highest BCUT2D eigenvalue weighted by molar-refractivity contribution is 7.15. The van der Waals surface area contributed by atoms with Crippen LogP contribution in [0, 0.1) is 6.92 Å². The summed E-state index contributed by atoms with van der Waals surface area (Å²) in [4.78, 5) is 30.4. The zero-order valence-electron chi connectivity index (χ0n) is 13.6. The lowest BCUT2D eigenvalue weighted by Crippen LogP contribution is -2.25. The third-order valence-corrected chi connectivity index (χ3v) is 4.65. The molecule has 1 amide bonds. The van der Waals surface area contributed by atoms with Gasteiger partial charge in [0.25, 0.3) is 11.5 Å². The van der Waals surface area contributed by atoms with Crippen molar-refractivity contribution >= 4 is 27.9 Å². The third kappa shape index (κ3) is 2.67. The van der Waals surface area contributed by atoms with Crippen LogP contribution in [-0.2, 0) is 6.42 Å². The Bertz CT molecular complexity index is 975. The number of benzene rings is 1. The lowest BCUT2D eigenvalue weighted by molar-refractivity contribution is 0.102. The summed E-state index contributed by atoms with van der Waals surface area (Å²) < 4.78 is 6.75. The fraction of sp³-hybridized carbons (Fsp3) is 0.235. The van der Waals surface area contributed by atoms with Gasteiger partial charge in [0.2, 0.25) is 0 Å². The molecule has 3 aromatic rings. The van der Waals surface area contributed by atoms with Gasteiger partial charge in [-0.05, 0) is 25.5 Å². The summed E-state index contributed by atoms with van der Waals surface area (Å²) >= 11 is 1.42. The highest BCUT2D eigenvalue weighted by atomic mass is 32.1. The maximum absolute atomic E-state index is 12.8. The monoisotopic (exact) mass is 343 g/mol. The van der Waals surface area contributed by atoms with Crippen LogP contribution in [0.3, 0.4) is 0 Å². The number of carbonyl (C=O) groups is 1. The Morgan fingerprint density at radius 1 is 1.38 bits per heavy atom. The number of amides is 1. The van der Waals surface area contributed by atoms with Crippen LogP contribution in [0.25, 0.3) is 4.96 Å². The highest BCUT2D eigenvalue weighted by Crippen LogP contribution is 2.20. The molecule has 7 heteroatoms. The fourth-order valence-electron chi connectivity index (χ4n) is 2.51. The standard InChI is InChI=1S/C17H17N3O3S/c1-4-11-9-24-17-18-10(2)14(16(22)20(11)17)19-15(21)12-7-5-6-8-13(12)23-3/h5-9H,4H2,1-3H3,(H,19,21). The van der Waals surface area contributed by atoms with Crippen molar-refractivity contribution in [2.75, 3.05) is 12.4 Å². The first kappa shape index (κ1) is 16.2. The molecule has 3 rings (SSSR count). The molecule has 124 valence electrons. The van der Waals surface area contributed by atoms with E-state index in [9.17, 15) is 9.59 Å². The average molecular weight is 343 g/mol. The van der Waals surface area contributed by atoms with Gasteiger partial charge in [-0.15, -0.1) is 11.3 Å². The van der Waals surface area contributed by atoms with Crippen molar-refractivity contribution in [1.29, 1.82) is 0 Å². The summed E-state index contributed by atoms with van der Waals surface area (Å²) in [6.45, 7) is 3.69. The van der Waals surface area contributed by atoms with Crippen LogP contribution >= 0.6 is 11.3 Å². The Balaban J connectivity index is 2.07. The third-order valence-electron chi connectivity index (χ3n) is 3.77. The molecule has 0 saturated heterocycles. The van der Waals surface area contributed by atoms with E-state index in [1.807, 2.05) is 12.3 Å². The number of thiazole rings is 1. The van der Waals surface area contributed by atoms with E-state index in [0.29, 0.717) is 28.4 Å². The normalized spacial score (nSPS) is 10.8. The summed E-state index contributed by atoms with van der Waals surface area (Å²) in [6.07, 6.45) is 0.713. The molecule has 0 unspecified atom stereocenters. The topological polar surface area (TPSA) is 72.7 Å². The first-order chi connectivity index (χ1) is 11.6. The molecule has 6 nitrogen and oxygen atoms in total. The number of hydrogen-bond donors (Lipinski definition) is 1. The second kappa shape index (κ2) is 6.45. The van der Waals surface area contributed by atoms with Gasteiger partial charge >= 0.3 is 0 Å². The number of aryl methyl sites for hydroxylation is 2. The van der Waals surface area contributed by atoms with Gasteiger partial charge in [-0.2, -0.15) is 0 Å². The molecule has 0 bridgehead atoms. The average Bonchev–Trinajstić information content (AvgIpc) is 3.01. The van der Waals surface area contributed by atoms with E-state index in [-0.39, 0.29) is 11.2 Å². The Morgan fingerprint density at radius 3 is 2.83 bits per heavy atom. The summed E-state index contributed by atoms with van der Waals surface area (Å²) in [6, 6.07) is 6.87. The lowest BCUT2D eigenvalue weighted by atomic mass is 10.2. The number of anilines is 1. The van der Waals surface area contributed by atoms with Crippen LogP contribution < -0.4 is 15.6 Å². The first-order valence-electron chi connectivity index (χ1n) is 7.51. The second-order valence-corrected chi connectivity index (χ2v) is 6.07. The van der Waals surface area contributed by atoms with Gasteiger partial charge in [0.1, 0.15) is 11.4 Å². The van der Waals surface area contributed by atoms with E-state index in [1.165, 1.54) is 18.4 Å². The maximum Gasteiger partial charge on any atom is 0.282 e. The number of carbonyl (C=O) groups excluding carboxylic acids is 1. The molecule has 24 heavy (non-hydrogen) atoms. The number of ether oxygens (including phenoxy) is 1. The van der Waals surface area contributed by atoms with Crippen molar-refractivity contribution in [1.82, 2.24) is 9.38 Å². The molecular formula is C17H17N3O3S. The highest BCUT2D eigenvalue weighted by Gasteiger charge is 2.18. The Labute approximate surface area is 142 Å². The first-order valence-corrected chi connectivity index (χ1v) is 8.38. The van der Waals surface area contributed by atoms with Crippen LogP contribution in [0.15, 0.2) is 34.4 Å². The molecule has 0 atom stereocenters. The minimum absolute atomic E-state index is 0.191. The minimum Gasteiger partial charge on any atom is -0.496 e. The largest absolute Gasteiger partial charge is 0.496 e.